The van der Waals surface area contributed by atoms with Gasteiger partial charge in [0.05, 0.1) is 9.40 Å². The van der Waals surface area contributed by atoms with Crippen LogP contribution in [-0.4, -0.2) is 24.7 Å². The summed E-state index contributed by atoms with van der Waals surface area (Å²) in [6.07, 6.45) is -10.4. The summed E-state index contributed by atoms with van der Waals surface area (Å²) in [5, 5.41) is 0.227. The van der Waals surface area contributed by atoms with Gasteiger partial charge in [-0.05, 0) is 49.7 Å². The third-order valence-corrected chi connectivity index (χ3v) is 6.61. The average molecular weight is 597 g/mol. The first-order chi connectivity index (χ1) is 19.0. The van der Waals surface area contributed by atoms with Gasteiger partial charge in [-0.2, -0.15) is 0 Å². The summed E-state index contributed by atoms with van der Waals surface area (Å²) in [6.45, 7) is 9.57. The van der Waals surface area contributed by atoms with E-state index in [0.717, 1.165) is 6.07 Å². The molecule has 0 aliphatic carbocycles. The maximum atomic E-state index is 13.6. The highest BCUT2D eigenvalue weighted by Crippen LogP contribution is 2.51. The van der Waals surface area contributed by atoms with E-state index in [-0.39, 0.29) is 48.2 Å². The van der Waals surface area contributed by atoms with Crippen molar-refractivity contribution in [2.24, 2.45) is 0 Å². The predicted octanol–water partition coefficient (Wildman–Crippen LogP) is 8.48. The van der Waals surface area contributed by atoms with E-state index in [1.807, 2.05) is 0 Å². The van der Waals surface area contributed by atoms with Crippen molar-refractivity contribution in [2.75, 3.05) is 0 Å². The second-order valence-electron chi connectivity index (χ2n) is 8.65. The minimum Gasteiger partial charge on any atom is -0.423 e. The Labute approximate surface area is 232 Å². The summed E-state index contributed by atoms with van der Waals surface area (Å²) in [5.41, 5.74) is 0.204. The van der Waals surface area contributed by atoms with Crippen molar-refractivity contribution in [3.8, 4) is 34.1 Å². The summed E-state index contributed by atoms with van der Waals surface area (Å²) in [4.78, 5) is 23.8. The van der Waals surface area contributed by atoms with Crippen molar-refractivity contribution in [1.29, 1.82) is 0 Å². The Morgan fingerprint density at radius 3 is 1.71 bits per heavy atom. The van der Waals surface area contributed by atoms with Gasteiger partial charge in [-0.25, -0.2) is 9.59 Å². The molecule has 0 spiro atoms. The van der Waals surface area contributed by atoms with E-state index in [0.29, 0.717) is 11.3 Å². The van der Waals surface area contributed by atoms with Gasteiger partial charge < -0.3 is 18.9 Å². The largest absolute Gasteiger partial charge is 0.573 e. The van der Waals surface area contributed by atoms with Crippen LogP contribution in [0.1, 0.15) is 13.8 Å². The predicted molar refractivity (Wildman–Crippen MR) is 139 cm³/mol. The van der Waals surface area contributed by atoms with Gasteiger partial charge >= 0.3 is 24.7 Å². The number of fused-ring (bicyclic) bond motifs is 3. The van der Waals surface area contributed by atoms with Crippen LogP contribution in [-0.2, 0) is 9.59 Å². The van der Waals surface area contributed by atoms with E-state index >= 15 is 0 Å². The smallest absolute Gasteiger partial charge is 0.423 e. The molecule has 6 nitrogen and oxygen atoms in total. The molecule has 0 amide bonds. The van der Waals surface area contributed by atoms with Crippen molar-refractivity contribution in [1.82, 2.24) is 0 Å². The molecule has 0 fully saturated rings. The SMILES string of the molecule is C=C(C)C(=O)Oc1ccc(-c2ccc3c(sc4c(OC(F)(F)F)c(OC(=O)C(=C)C)ccc43)c2OC(F)(F)F)cc1. The quantitative estimate of drug-likeness (QED) is 0.0923. The molecule has 0 aliphatic heterocycles. The highest BCUT2D eigenvalue weighted by atomic mass is 32.1. The summed E-state index contributed by atoms with van der Waals surface area (Å²) in [7, 11) is 0. The van der Waals surface area contributed by atoms with Gasteiger partial charge in [0, 0.05) is 27.5 Å². The first-order valence-corrected chi connectivity index (χ1v) is 12.2. The molecule has 0 bridgehead atoms. The third kappa shape index (κ3) is 6.62. The molecule has 4 rings (SSSR count). The van der Waals surface area contributed by atoms with Gasteiger partial charge in [0.25, 0.3) is 0 Å². The van der Waals surface area contributed by atoms with E-state index < -0.39 is 41.9 Å². The molecule has 214 valence electrons. The van der Waals surface area contributed by atoms with E-state index in [4.69, 9.17) is 9.47 Å². The first-order valence-electron chi connectivity index (χ1n) is 11.4. The molecular formula is C28H18F6O6S. The van der Waals surface area contributed by atoms with Crippen LogP contribution in [0.3, 0.4) is 0 Å². The van der Waals surface area contributed by atoms with Crippen molar-refractivity contribution in [3.63, 3.8) is 0 Å². The third-order valence-electron chi connectivity index (χ3n) is 5.39. The molecule has 1 aromatic heterocycles. The number of ether oxygens (including phenoxy) is 4. The number of rotatable bonds is 7. The molecule has 0 N–H and O–H groups in total. The van der Waals surface area contributed by atoms with Crippen molar-refractivity contribution in [3.05, 3.63) is 72.8 Å². The number of thiophene rings is 1. The van der Waals surface area contributed by atoms with Crippen LogP contribution in [0.2, 0.25) is 0 Å². The van der Waals surface area contributed by atoms with Crippen LogP contribution in [0.4, 0.5) is 26.3 Å². The summed E-state index contributed by atoms with van der Waals surface area (Å²) in [5.74, 6) is -3.81. The lowest BCUT2D eigenvalue weighted by Gasteiger charge is -2.15. The van der Waals surface area contributed by atoms with Crippen molar-refractivity contribution in [2.45, 2.75) is 26.6 Å². The standard InChI is InChI=1S/C28H18F6O6S/c1-13(2)25(35)37-16-7-5-15(6-8-16)17-9-10-18-19-11-12-20(38-26(36)14(3)4)22(40-28(32,33)34)24(19)41-23(18)21(17)39-27(29,30)31/h5-12H,1,3H2,2,4H3. The minimum atomic E-state index is -5.22. The van der Waals surface area contributed by atoms with Gasteiger partial charge in [0.2, 0.25) is 0 Å². The summed E-state index contributed by atoms with van der Waals surface area (Å²) in [6, 6.07) is 10.5. The zero-order chi connectivity index (χ0) is 30.3. The van der Waals surface area contributed by atoms with Gasteiger partial charge in [-0.15, -0.1) is 37.7 Å². The van der Waals surface area contributed by atoms with Crippen LogP contribution in [0, 0.1) is 0 Å². The van der Waals surface area contributed by atoms with E-state index in [2.05, 4.69) is 22.6 Å². The lowest BCUT2D eigenvalue weighted by molar-refractivity contribution is -0.275. The van der Waals surface area contributed by atoms with Gasteiger partial charge in [-0.1, -0.05) is 31.4 Å². The molecule has 13 heteroatoms. The Balaban J connectivity index is 1.93. The second-order valence-corrected chi connectivity index (χ2v) is 9.67. The fraction of sp³-hybridized carbons (Fsp3) is 0.143. The van der Waals surface area contributed by atoms with Crippen molar-refractivity contribution >= 4 is 43.4 Å². The van der Waals surface area contributed by atoms with Gasteiger partial charge in [0.1, 0.15) is 5.75 Å². The topological polar surface area (TPSA) is 71.1 Å². The van der Waals surface area contributed by atoms with Crippen LogP contribution >= 0.6 is 11.3 Å². The highest BCUT2D eigenvalue weighted by molar-refractivity contribution is 7.26. The zero-order valence-corrected chi connectivity index (χ0v) is 22.0. The molecular weight excluding hydrogens is 578 g/mol. The zero-order valence-electron chi connectivity index (χ0n) is 21.2. The van der Waals surface area contributed by atoms with Gasteiger partial charge in [-0.3, -0.25) is 0 Å². The molecule has 41 heavy (non-hydrogen) atoms. The maximum Gasteiger partial charge on any atom is 0.573 e. The Kier molecular flexibility index (Phi) is 7.76. The maximum absolute atomic E-state index is 13.6. The molecule has 1 heterocycles. The molecule has 4 aromatic rings. The lowest BCUT2D eigenvalue weighted by atomic mass is 10.0. The fourth-order valence-corrected chi connectivity index (χ4v) is 4.92. The van der Waals surface area contributed by atoms with Crippen LogP contribution in [0.5, 0.6) is 23.0 Å². The van der Waals surface area contributed by atoms with E-state index in [9.17, 15) is 35.9 Å². The number of alkyl halides is 6. The number of benzene rings is 3. The first kappa shape index (κ1) is 29.5. The number of hydrogen-bond acceptors (Lipinski definition) is 7. The number of halogens is 6. The summed E-state index contributed by atoms with van der Waals surface area (Å²) < 4.78 is 99.0. The van der Waals surface area contributed by atoms with Crippen LogP contribution in [0.15, 0.2) is 72.8 Å². The Morgan fingerprint density at radius 1 is 0.683 bits per heavy atom. The Bertz CT molecular complexity index is 1700. The fourth-order valence-electron chi connectivity index (χ4n) is 3.66. The lowest BCUT2D eigenvalue weighted by Crippen LogP contribution is -2.18. The molecule has 3 aromatic carbocycles. The summed E-state index contributed by atoms with van der Waals surface area (Å²) >= 11 is 0.527. The number of carbonyl (C=O) groups is 2. The Morgan fingerprint density at radius 2 is 1.17 bits per heavy atom. The van der Waals surface area contributed by atoms with Gasteiger partial charge in [0.15, 0.2) is 17.2 Å². The normalized spacial score (nSPS) is 11.8. The average Bonchev–Trinajstić information content (AvgIpc) is 3.24. The molecule has 0 unspecified atom stereocenters. The monoisotopic (exact) mass is 596 g/mol. The van der Waals surface area contributed by atoms with E-state index in [1.165, 1.54) is 56.3 Å². The molecule has 0 saturated carbocycles. The Hall–Kier alpha value is -4.52. The molecule has 0 saturated heterocycles. The van der Waals surface area contributed by atoms with Crippen LogP contribution < -0.4 is 18.9 Å². The van der Waals surface area contributed by atoms with E-state index in [1.54, 1.807) is 0 Å². The number of esters is 2. The second kappa shape index (κ2) is 10.8. The van der Waals surface area contributed by atoms with Crippen molar-refractivity contribution < 1.29 is 54.9 Å². The molecule has 0 aliphatic rings. The number of carbonyl (C=O) groups excluding carboxylic acids is 2. The molecule has 0 radical (unpaired) electrons. The van der Waals surface area contributed by atoms with Crippen LogP contribution in [0.25, 0.3) is 31.3 Å². The number of hydrogen-bond donors (Lipinski definition) is 0. The molecule has 0 atom stereocenters. The highest BCUT2D eigenvalue weighted by Gasteiger charge is 2.36. The minimum absolute atomic E-state index is 0.0496.